The van der Waals surface area contributed by atoms with E-state index in [1.807, 2.05) is 60.7 Å². The van der Waals surface area contributed by atoms with E-state index in [0.717, 1.165) is 46.1 Å². The summed E-state index contributed by atoms with van der Waals surface area (Å²) in [6.45, 7) is 4.53. The topological polar surface area (TPSA) is 21.3 Å². The molecule has 0 atom stereocenters. The molecule has 0 aliphatic carbocycles. The maximum Gasteiger partial charge on any atom is 0.119 e. The molecule has 0 saturated carbocycles. The first-order valence-electron chi connectivity index (χ1n) is 9.24. The number of hydrogen-bond donors (Lipinski definition) is 1. The highest BCUT2D eigenvalue weighted by molar-refractivity contribution is 6.53. The first-order valence-corrected chi connectivity index (χ1v) is 9.62. The fourth-order valence-electron chi connectivity index (χ4n) is 2.89. The Morgan fingerprint density at radius 3 is 1.89 bits per heavy atom. The number of likely N-dealkylation sites (N-methyl/N-ethyl adjacent to an activating group) is 1. The third-order valence-corrected chi connectivity index (χ3v) is 4.66. The van der Waals surface area contributed by atoms with Crippen molar-refractivity contribution in [3.63, 3.8) is 0 Å². The number of hydrogen-bond acceptors (Lipinski definition) is 2. The van der Waals surface area contributed by atoms with E-state index in [2.05, 4.69) is 36.5 Å². The molecule has 1 N–H and O–H groups in total. The fraction of sp³-hybridized carbons (Fsp3) is 0.167. The predicted octanol–water partition coefficient (Wildman–Crippen LogP) is 6.25. The molecule has 0 spiro atoms. The van der Waals surface area contributed by atoms with Gasteiger partial charge in [0.25, 0.3) is 0 Å². The number of halogens is 2. The number of benzene rings is 3. The number of rotatable bonds is 8. The Balaban J connectivity index is 0.00000280. The average molecular weight is 414 g/mol. The third kappa shape index (κ3) is 5.87. The van der Waals surface area contributed by atoms with Crippen LogP contribution in [0.1, 0.15) is 23.6 Å². The van der Waals surface area contributed by atoms with Gasteiger partial charge in [-0.05, 0) is 35.4 Å². The van der Waals surface area contributed by atoms with Gasteiger partial charge in [-0.25, -0.2) is 0 Å². The molecule has 0 aliphatic heterocycles. The maximum atomic E-state index is 6.84. The molecule has 3 aromatic carbocycles. The van der Waals surface area contributed by atoms with Crippen molar-refractivity contribution in [3.05, 3.63) is 102 Å². The van der Waals surface area contributed by atoms with E-state index in [4.69, 9.17) is 16.3 Å². The summed E-state index contributed by atoms with van der Waals surface area (Å²) in [4.78, 5) is 0. The lowest BCUT2D eigenvalue weighted by Crippen LogP contribution is -2.20. The van der Waals surface area contributed by atoms with Crippen LogP contribution >= 0.6 is 24.0 Å². The average Bonchev–Trinajstić information content (AvgIpc) is 2.74. The second-order valence-corrected chi connectivity index (χ2v) is 6.53. The van der Waals surface area contributed by atoms with Crippen molar-refractivity contribution in [1.29, 1.82) is 0 Å². The third-order valence-electron chi connectivity index (χ3n) is 4.25. The van der Waals surface area contributed by atoms with Crippen LogP contribution in [0.5, 0.6) is 5.75 Å². The van der Waals surface area contributed by atoms with Crippen molar-refractivity contribution < 1.29 is 4.74 Å². The summed E-state index contributed by atoms with van der Waals surface area (Å²) >= 11 is 6.84. The Morgan fingerprint density at radius 1 is 0.786 bits per heavy atom. The molecule has 4 heteroatoms. The molecule has 0 amide bonds. The van der Waals surface area contributed by atoms with Crippen LogP contribution in [-0.2, 0) is 0 Å². The van der Waals surface area contributed by atoms with Crippen molar-refractivity contribution in [3.8, 4) is 5.75 Å². The van der Waals surface area contributed by atoms with Crippen molar-refractivity contribution in [2.45, 2.75) is 6.92 Å². The van der Waals surface area contributed by atoms with E-state index in [9.17, 15) is 0 Å². The molecule has 0 aliphatic rings. The molecule has 0 fully saturated rings. The number of ether oxygens (including phenoxy) is 1. The lowest BCUT2D eigenvalue weighted by molar-refractivity contribution is 0.315. The Hall–Kier alpha value is -2.26. The molecule has 2 nitrogen and oxygen atoms in total. The fourth-order valence-corrected chi connectivity index (χ4v) is 3.23. The molecule has 3 rings (SSSR count). The predicted molar refractivity (Wildman–Crippen MR) is 122 cm³/mol. The Bertz CT molecular complexity index is 862. The SMILES string of the molecule is CCNCCOc1ccc(/C(=C(\Cl)c2ccccc2)c2ccccc2)cc1.Cl. The monoisotopic (exact) mass is 413 g/mol. The van der Waals surface area contributed by atoms with Crippen molar-refractivity contribution >= 4 is 34.6 Å². The van der Waals surface area contributed by atoms with Crippen LogP contribution in [0.2, 0.25) is 0 Å². The molecule has 0 heterocycles. The first-order chi connectivity index (χ1) is 13.3. The highest BCUT2D eigenvalue weighted by Crippen LogP contribution is 2.35. The molecule has 0 radical (unpaired) electrons. The Morgan fingerprint density at radius 2 is 1.32 bits per heavy atom. The molecule has 0 aromatic heterocycles. The second kappa shape index (κ2) is 11.6. The van der Waals surface area contributed by atoms with Gasteiger partial charge in [0.05, 0.1) is 5.03 Å². The summed E-state index contributed by atoms with van der Waals surface area (Å²) in [5.41, 5.74) is 4.17. The minimum absolute atomic E-state index is 0. The lowest BCUT2D eigenvalue weighted by atomic mass is 9.95. The van der Waals surface area contributed by atoms with Gasteiger partial charge in [0.2, 0.25) is 0 Å². The molecular weight excluding hydrogens is 389 g/mol. The highest BCUT2D eigenvalue weighted by atomic mass is 35.5. The molecule has 3 aromatic rings. The Kier molecular flexibility index (Phi) is 9.09. The van der Waals surface area contributed by atoms with Crippen molar-refractivity contribution in [2.75, 3.05) is 19.7 Å². The smallest absolute Gasteiger partial charge is 0.119 e. The standard InChI is InChI=1S/C24H24ClNO.ClH/c1-2-26-17-18-27-22-15-13-20(14-16-22)23(19-9-5-3-6-10-19)24(25)21-11-7-4-8-12-21;/h3-16,26H,2,17-18H2,1H3;1H/b24-23-;. The van der Waals surface area contributed by atoms with Crippen LogP contribution in [0.3, 0.4) is 0 Å². The zero-order valence-electron chi connectivity index (χ0n) is 15.9. The molecule has 0 saturated heterocycles. The molecule has 0 unspecified atom stereocenters. The zero-order chi connectivity index (χ0) is 18.9. The summed E-state index contributed by atoms with van der Waals surface area (Å²) in [6.07, 6.45) is 0. The molecule has 146 valence electrons. The molecule has 28 heavy (non-hydrogen) atoms. The zero-order valence-corrected chi connectivity index (χ0v) is 17.5. The van der Waals surface area contributed by atoms with E-state index in [-0.39, 0.29) is 12.4 Å². The summed E-state index contributed by atoms with van der Waals surface area (Å²) in [6, 6.07) is 28.4. The van der Waals surface area contributed by atoms with Gasteiger partial charge in [0.1, 0.15) is 12.4 Å². The summed E-state index contributed by atoms with van der Waals surface area (Å²) in [7, 11) is 0. The van der Waals surface area contributed by atoms with Crippen LogP contribution in [-0.4, -0.2) is 19.7 Å². The Labute approximate surface area is 178 Å². The van der Waals surface area contributed by atoms with E-state index < -0.39 is 0 Å². The van der Waals surface area contributed by atoms with Gasteiger partial charge in [-0.1, -0.05) is 91.3 Å². The van der Waals surface area contributed by atoms with E-state index in [0.29, 0.717) is 6.61 Å². The second-order valence-electron chi connectivity index (χ2n) is 6.15. The van der Waals surface area contributed by atoms with Crippen LogP contribution in [0.4, 0.5) is 0 Å². The largest absolute Gasteiger partial charge is 0.492 e. The minimum Gasteiger partial charge on any atom is -0.492 e. The maximum absolute atomic E-state index is 6.84. The lowest BCUT2D eigenvalue weighted by Gasteiger charge is -2.13. The quantitative estimate of drug-likeness (QED) is 0.347. The van der Waals surface area contributed by atoms with Gasteiger partial charge in [0, 0.05) is 12.1 Å². The molecule has 0 bridgehead atoms. The van der Waals surface area contributed by atoms with E-state index >= 15 is 0 Å². The van der Waals surface area contributed by atoms with Gasteiger partial charge >= 0.3 is 0 Å². The van der Waals surface area contributed by atoms with Crippen LogP contribution in [0.25, 0.3) is 10.6 Å². The summed E-state index contributed by atoms with van der Waals surface area (Å²) in [5, 5.41) is 3.99. The van der Waals surface area contributed by atoms with Crippen molar-refractivity contribution in [1.82, 2.24) is 5.32 Å². The summed E-state index contributed by atoms with van der Waals surface area (Å²) < 4.78 is 5.78. The minimum atomic E-state index is 0. The normalized spacial score (nSPS) is 11.4. The summed E-state index contributed by atoms with van der Waals surface area (Å²) in [5.74, 6) is 0.861. The van der Waals surface area contributed by atoms with Gasteiger partial charge in [0.15, 0.2) is 0 Å². The number of nitrogens with one attached hydrogen (secondary N) is 1. The van der Waals surface area contributed by atoms with Crippen LogP contribution in [0.15, 0.2) is 84.9 Å². The van der Waals surface area contributed by atoms with Gasteiger partial charge < -0.3 is 10.1 Å². The van der Waals surface area contributed by atoms with Crippen LogP contribution < -0.4 is 10.1 Å². The van der Waals surface area contributed by atoms with Crippen LogP contribution in [0, 0.1) is 0 Å². The van der Waals surface area contributed by atoms with E-state index in [1.165, 1.54) is 0 Å². The van der Waals surface area contributed by atoms with Gasteiger partial charge in [-0.3, -0.25) is 0 Å². The van der Waals surface area contributed by atoms with Gasteiger partial charge in [-0.2, -0.15) is 0 Å². The highest BCUT2D eigenvalue weighted by Gasteiger charge is 2.12. The first kappa shape index (κ1) is 22.0. The van der Waals surface area contributed by atoms with E-state index in [1.54, 1.807) is 0 Å². The van der Waals surface area contributed by atoms with Crippen molar-refractivity contribution in [2.24, 2.45) is 0 Å². The molecular formula is C24H25Cl2NO. The van der Waals surface area contributed by atoms with Gasteiger partial charge in [-0.15, -0.1) is 12.4 Å².